The number of hydrogen-bond donors (Lipinski definition) is 1. The number of amides is 3. The van der Waals surface area contributed by atoms with E-state index in [2.05, 4.69) is 10.3 Å². The number of nitrogens with zero attached hydrogens (tertiary/aromatic N) is 2. The molecule has 2 heterocycles. The summed E-state index contributed by atoms with van der Waals surface area (Å²) in [6.07, 6.45) is 6.63. The Morgan fingerprint density at radius 3 is 2.54 bits per heavy atom. The zero-order valence-corrected chi connectivity index (χ0v) is 15.9. The number of carbonyl (C=O) groups excluding carboxylic acids is 3. The van der Waals surface area contributed by atoms with Crippen molar-refractivity contribution in [2.75, 3.05) is 0 Å². The van der Waals surface area contributed by atoms with Crippen molar-refractivity contribution in [2.45, 2.75) is 51.1 Å². The zero-order chi connectivity index (χ0) is 19.7. The van der Waals surface area contributed by atoms with Gasteiger partial charge in [-0.05, 0) is 50.1 Å². The number of fused-ring (bicyclic) bond motifs is 1. The molecule has 1 aromatic carbocycles. The van der Waals surface area contributed by atoms with Crippen LogP contribution in [0.1, 0.15) is 81.8 Å². The summed E-state index contributed by atoms with van der Waals surface area (Å²) in [6, 6.07) is 9.98. The summed E-state index contributed by atoms with van der Waals surface area (Å²) in [6.45, 7) is 1.85. The molecule has 0 saturated heterocycles. The van der Waals surface area contributed by atoms with Crippen molar-refractivity contribution >= 4 is 17.7 Å². The van der Waals surface area contributed by atoms with Crippen LogP contribution in [0.25, 0.3) is 0 Å². The lowest BCUT2D eigenvalue weighted by Crippen LogP contribution is -2.40. The van der Waals surface area contributed by atoms with E-state index >= 15 is 0 Å². The van der Waals surface area contributed by atoms with Crippen LogP contribution in [-0.4, -0.2) is 33.6 Å². The van der Waals surface area contributed by atoms with E-state index < -0.39 is 0 Å². The molecule has 6 heteroatoms. The fourth-order valence-electron chi connectivity index (χ4n) is 4.06. The largest absolute Gasteiger partial charge is 0.344 e. The Kier molecular flexibility index (Phi) is 4.94. The maximum Gasteiger partial charge on any atom is 0.261 e. The van der Waals surface area contributed by atoms with Crippen molar-refractivity contribution in [1.29, 1.82) is 0 Å². The number of carbonyl (C=O) groups is 3. The fraction of sp³-hybridized carbons (Fsp3) is 0.364. The Hall–Kier alpha value is -3.02. The molecule has 2 aromatic rings. The standard InChI is InChI=1S/C22H23N3O3/c1-14(19-9-5-6-12-23-19)24-20(26)15-10-11-17-18(13-15)22(28)25(21(17)27)16-7-3-2-4-8-16/h5-6,9-14,16H,2-4,7-8H2,1H3,(H,24,26). The molecule has 1 aromatic heterocycles. The van der Waals surface area contributed by atoms with Gasteiger partial charge in [-0.3, -0.25) is 24.3 Å². The first-order valence-corrected chi connectivity index (χ1v) is 9.80. The molecular weight excluding hydrogens is 354 g/mol. The van der Waals surface area contributed by atoms with Crippen LogP contribution >= 0.6 is 0 Å². The van der Waals surface area contributed by atoms with Crippen molar-refractivity contribution in [3.05, 3.63) is 65.0 Å². The van der Waals surface area contributed by atoms with Crippen LogP contribution in [-0.2, 0) is 0 Å². The molecule has 1 unspecified atom stereocenters. The van der Waals surface area contributed by atoms with Crippen LogP contribution in [0.2, 0.25) is 0 Å². The van der Waals surface area contributed by atoms with Gasteiger partial charge in [0.15, 0.2) is 0 Å². The van der Waals surface area contributed by atoms with Gasteiger partial charge in [-0.1, -0.05) is 25.3 Å². The van der Waals surface area contributed by atoms with E-state index in [0.29, 0.717) is 16.7 Å². The lowest BCUT2D eigenvalue weighted by atomic mass is 9.94. The Bertz CT molecular complexity index is 920. The summed E-state index contributed by atoms with van der Waals surface area (Å²) in [5, 5.41) is 2.89. The Labute approximate surface area is 164 Å². The van der Waals surface area contributed by atoms with Crippen LogP contribution in [0.5, 0.6) is 0 Å². The second-order valence-corrected chi connectivity index (χ2v) is 7.48. The molecule has 1 atom stereocenters. The van der Waals surface area contributed by atoms with Gasteiger partial charge >= 0.3 is 0 Å². The molecule has 0 bridgehead atoms. The number of aromatic nitrogens is 1. The summed E-state index contributed by atoms with van der Waals surface area (Å²) < 4.78 is 0. The van der Waals surface area contributed by atoms with Crippen molar-refractivity contribution in [3.63, 3.8) is 0 Å². The first-order valence-electron chi connectivity index (χ1n) is 9.80. The van der Waals surface area contributed by atoms with Gasteiger partial charge in [-0.15, -0.1) is 0 Å². The SMILES string of the molecule is CC(NC(=O)c1ccc2c(c1)C(=O)N(C1CCCCC1)C2=O)c1ccccn1. The van der Waals surface area contributed by atoms with E-state index in [1.807, 2.05) is 25.1 Å². The molecule has 28 heavy (non-hydrogen) atoms. The van der Waals surface area contributed by atoms with Gasteiger partial charge in [0.05, 0.1) is 22.9 Å². The number of nitrogens with one attached hydrogen (secondary N) is 1. The van der Waals surface area contributed by atoms with E-state index in [1.165, 1.54) is 4.90 Å². The number of rotatable bonds is 4. The summed E-state index contributed by atoms with van der Waals surface area (Å²) >= 11 is 0. The lowest BCUT2D eigenvalue weighted by molar-refractivity contribution is 0.0548. The average molecular weight is 377 g/mol. The van der Waals surface area contributed by atoms with Gasteiger partial charge in [0, 0.05) is 17.8 Å². The third kappa shape index (κ3) is 3.30. The topological polar surface area (TPSA) is 79.4 Å². The quantitative estimate of drug-likeness (QED) is 0.827. The summed E-state index contributed by atoms with van der Waals surface area (Å²) in [7, 11) is 0. The van der Waals surface area contributed by atoms with E-state index in [0.717, 1.165) is 37.8 Å². The number of hydrogen-bond acceptors (Lipinski definition) is 4. The van der Waals surface area contributed by atoms with Crippen LogP contribution in [0.4, 0.5) is 0 Å². The highest BCUT2D eigenvalue weighted by atomic mass is 16.2. The van der Waals surface area contributed by atoms with E-state index in [1.54, 1.807) is 24.4 Å². The molecular formula is C22H23N3O3. The number of imide groups is 1. The van der Waals surface area contributed by atoms with Gasteiger partial charge in [-0.2, -0.15) is 0 Å². The van der Waals surface area contributed by atoms with Gasteiger partial charge in [0.1, 0.15) is 0 Å². The smallest absolute Gasteiger partial charge is 0.261 e. The number of pyridine rings is 1. The minimum atomic E-state index is -0.294. The molecule has 6 nitrogen and oxygen atoms in total. The average Bonchev–Trinajstić information content (AvgIpc) is 2.99. The second-order valence-electron chi connectivity index (χ2n) is 7.48. The van der Waals surface area contributed by atoms with E-state index in [-0.39, 0.29) is 29.8 Å². The first kappa shape index (κ1) is 18.3. The summed E-state index contributed by atoms with van der Waals surface area (Å²) in [5.41, 5.74) is 1.85. The highest BCUT2D eigenvalue weighted by Gasteiger charge is 2.40. The van der Waals surface area contributed by atoms with Crippen LogP contribution in [0.15, 0.2) is 42.6 Å². The molecule has 1 fully saturated rings. The molecule has 2 aliphatic rings. The summed E-state index contributed by atoms with van der Waals surface area (Å²) in [5.74, 6) is -0.808. The predicted molar refractivity (Wildman–Crippen MR) is 104 cm³/mol. The fourth-order valence-corrected chi connectivity index (χ4v) is 4.06. The van der Waals surface area contributed by atoms with Gasteiger partial charge in [-0.25, -0.2) is 0 Å². The van der Waals surface area contributed by atoms with Crippen molar-refractivity contribution in [3.8, 4) is 0 Å². The van der Waals surface area contributed by atoms with Crippen molar-refractivity contribution in [1.82, 2.24) is 15.2 Å². The third-order valence-electron chi connectivity index (χ3n) is 5.60. The highest BCUT2D eigenvalue weighted by Crippen LogP contribution is 2.31. The van der Waals surface area contributed by atoms with Crippen molar-refractivity contribution in [2.24, 2.45) is 0 Å². The van der Waals surface area contributed by atoms with Crippen molar-refractivity contribution < 1.29 is 14.4 Å². The number of benzene rings is 1. The molecule has 4 rings (SSSR count). The normalized spacial score (nSPS) is 18.1. The lowest BCUT2D eigenvalue weighted by Gasteiger charge is -2.29. The van der Waals surface area contributed by atoms with Crippen LogP contribution in [0.3, 0.4) is 0 Å². The molecule has 1 aliphatic carbocycles. The van der Waals surface area contributed by atoms with Gasteiger partial charge in [0.2, 0.25) is 0 Å². The minimum absolute atomic E-state index is 0.0254. The molecule has 0 radical (unpaired) electrons. The highest BCUT2D eigenvalue weighted by molar-refractivity contribution is 6.22. The first-order chi connectivity index (χ1) is 13.6. The minimum Gasteiger partial charge on any atom is -0.344 e. The maximum absolute atomic E-state index is 12.9. The van der Waals surface area contributed by atoms with Gasteiger partial charge < -0.3 is 5.32 Å². The Balaban J connectivity index is 1.53. The van der Waals surface area contributed by atoms with Crippen LogP contribution in [0, 0.1) is 0 Å². The molecule has 1 aliphatic heterocycles. The van der Waals surface area contributed by atoms with E-state index in [9.17, 15) is 14.4 Å². The third-order valence-corrected chi connectivity index (χ3v) is 5.60. The predicted octanol–water partition coefficient (Wildman–Crippen LogP) is 3.50. The maximum atomic E-state index is 12.9. The molecule has 0 spiro atoms. The summed E-state index contributed by atoms with van der Waals surface area (Å²) in [4.78, 5) is 43.9. The molecule has 1 saturated carbocycles. The monoisotopic (exact) mass is 377 g/mol. The zero-order valence-electron chi connectivity index (χ0n) is 15.9. The van der Waals surface area contributed by atoms with E-state index in [4.69, 9.17) is 0 Å². The molecule has 3 amide bonds. The van der Waals surface area contributed by atoms with Crippen LogP contribution < -0.4 is 5.32 Å². The Morgan fingerprint density at radius 2 is 1.82 bits per heavy atom. The molecule has 1 N–H and O–H groups in total. The molecule has 144 valence electrons. The Morgan fingerprint density at radius 1 is 1.07 bits per heavy atom. The van der Waals surface area contributed by atoms with Gasteiger partial charge in [0.25, 0.3) is 17.7 Å². The second kappa shape index (κ2) is 7.54.